The van der Waals surface area contributed by atoms with Crippen LogP contribution in [-0.4, -0.2) is 13.4 Å². The molecule has 1 heterocycles. The second-order valence-electron chi connectivity index (χ2n) is 5.04. The molecule has 3 aromatic rings. The fraction of sp³-hybridized carbons (Fsp3) is 0.0625. The predicted molar refractivity (Wildman–Crippen MR) is 84.0 cm³/mol. The molecule has 0 atom stereocenters. The van der Waals surface area contributed by atoms with E-state index in [1.165, 1.54) is 12.1 Å². The third-order valence-corrected chi connectivity index (χ3v) is 4.71. The Balaban J connectivity index is 1.89. The molecule has 0 spiro atoms. The van der Waals surface area contributed by atoms with Gasteiger partial charge in [0.15, 0.2) is 0 Å². The van der Waals surface area contributed by atoms with E-state index in [-0.39, 0.29) is 10.7 Å². The van der Waals surface area contributed by atoms with Gasteiger partial charge in [-0.15, -0.1) is 0 Å². The van der Waals surface area contributed by atoms with Gasteiger partial charge >= 0.3 is 6.18 Å². The van der Waals surface area contributed by atoms with Gasteiger partial charge < -0.3 is 0 Å². The zero-order chi connectivity index (χ0) is 17.4. The number of halogens is 3. The van der Waals surface area contributed by atoms with E-state index in [0.717, 1.165) is 22.9 Å². The Morgan fingerprint density at radius 3 is 2.25 bits per heavy atom. The molecule has 0 fully saturated rings. The first-order chi connectivity index (χ1) is 11.3. The average Bonchev–Trinajstić information content (AvgIpc) is 2.53. The molecule has 1 N–H and O–H groups in total. The quantitative estimate of drug-likeness (QED) is 0.773. The lowest BCUT2D eigenvalue weighted by molar-refractivity contribution is -0.137. The van der Waals surface area contributed by atoms with Crippen LogP contribution in [0.2, 0.25) is 0 Å². The van der Waals surface area contributed by atoms with Gasteiger partial charge in [0, 0.05) is 6.20 Å². The molecule has 0 aliphatic heterocycles. The number of rotatable bonds is 3. The lowest BCUT2D eigenvalue weighted by Gasteiger charge is -2.10. The maximum atomic E-state index is 12.5. The zero-order valence-corrected chi connectivity index (χ0v) is 12.9. The molecule has 0 unspecified atom stereocenters. The highest BCUT2D eigenvalue weighted by Crippen LogP contribution is 2.29. The summed E-state index contributed by atoms with van der Waals surface area (Å²) in [6, 6.07) is 13.5. The maximum Gasteiger partial charge on any atom is 0.417 e. The highest BCUT2D eigenvalue weighted by atomic mass is 32.2. The predicted octanol–water partition coefficient (Wildman–Crippen LogP) is 4.05. The van der Waals surface area contributed by atoms with E-state index < -0.39 is 21.8 Å². The van der Waals surface area contributed by atoms with Crippen molar-refractivity contribution in [2.24, 2.45) is 0 Å². The highest BCUT2D eigenvalue weighted by molar-refractivity contribution is 7.92. The van der Waals surface area contributed by atoms with Gasteiger partial charge in [0.1, 0.15) is 5.82 Å². The monoisotopic (exact) mass is 352 g/mol. The number of nitrogens with zero attached hydrogens (tertiary/aromatic N) is 1. The molecular weight excluding hydrogens is 341 g/mol. The van der Waals surface area contributed by atoms with Crippen LogP contribution in [0.3, 0.4) is 0 Å². The average molecular weight is 352 g/mol. The molecule has 8 heteroatoms. The lowest BCUT2D eigenvalue weighted by Crippen LogP contribution is -2.14. The summed E-state index contributed by atoms with van der Waals surface area (Å²) >= 11 is 0. The van der Waals surface area contributed by atoms with Crippen molar-refractivity contribution in [3.8, 4) is 0 Å². The Morgan fingerprint density at radius 2 is 1.62 bits per heavy atom. The minimum atomic E-state index is -4.53. The summed E-state index contributed by atoms with van der Waals surface area (Å²) in [5.41, 5.74) is -0.948. The molecule has 0 aliphatic rings. The number of fused-ring (bicyclic) bond motifs is 1. The number of sulfonamides is 1. The van der Waals surface area contributed by atoms with E-state index in [1.54, 1.807) is 18.2 Å². The normalized spacial score (nSPS) is 12.3. The summed E-state index contributed by atoms with van der Waals surface area (Å²) < 4.78 is 64.4. The molecule has 2 aromatic carbocycles. The summed E-state index contributed by atoms with van der Waals surface area (Å²) in [6.45, 7) is 0. The van der Waals surface area contributed by atoms with Crippen molar-refractivity contribution in [2.45, 2.75) is 11.1 Å². The molecule has 4 nitrogen and oxygen atoms in total. The molecule has 0 bridgehead atoms. The zero-order valence-electron chi connectivity index (χ0n) is 12.1. The topological polar surface area (TPSA) is 59.1 Å². The third-order valence-electron chi connectivity index (χ3n) is 3.36. The summed E-state index contributed by atoms with van der Waals surface area (Å²) in [5, 5.41) is 1.62. The Kier molecular flexibility index (Phi) is 3.92. The SMILES string of the molecule is O=S(=O)(Nc1ccc(C(F)(F)F)cn1)c1ccc2ccccc2c1. The van der Waals surface area contributed by atoms with Crippen molar-refractivity contribution in [1.82, 2.24) is 4.98 Å². The Labute approximate surface area is 136 Å². The molecule has 0 saturated heterocycles. The number of aromatic nitrogens is 1. The van der Waals surface area contributed by atoms with Crippen LogP contribution in [0, 0.1) is 0 Å². The summed E-state index contributed by atoms with van der Waals surface area (Å²) in [4.78, 5) is 3.51. The number of pyridine rings is 1. The number of anilines is 1. The van der Waals surface area contributed by atoms with Crippen molar-refractivity contribution in [2.75, 3.05) is 4.72 Å². The summed E-state index contributed by atoms with van der Waals surface area (Å²) in [7, 11) is -3.95. The standard InChI is InChI=1S/C16H11F3N2O2S/c17-16(18,19)13-6-8-15(20-10-13)21-24(22,23)14-7-5-11-3-1-2-4-12(11)9-14/h1-10H,(H,20,21). The number of nitrogens with one attached hydrogen (secondary N) is 1. The Morgan fingerprint density at radius 1 is 0.917 bits per heavy atom. The van der Waals surface area contributed by atoms with Crippen LogP contribution in [0.15, 0.2) is 65.7 Å². The fourth-order valence-electron chi connectivity index (χ4n) is 2.15. The van der Waals surface area contributed by atoms with Crippen LogP contribution in [0.5, 0.6) is 0 Å². The van der Waals surface area contributed by atoms with Crippen molar-refractivity contribution in [3.05, 3.63) is 66.4 Å². The largest absolute Gasteiger partial charge is 0.417 e. The van der Waals surface area contributed by atoms with Crippen molar-refractivity contribution in [1.29, 1.82) is 0 Å². The number of hydrogen-bond acceptors (Lipinski definition) is 3. The van der Waals surface area contributed by atoms with Crippen molar-refractivity contribution in [3.63, 3.8) is 0 Å². The lowest BCUT2D eigenvalue weighted by atomic mass is 10.1. The van der Waals surface area contributed by atoms with Crippen LogP contribution < -0.4 is 4.72 Å². The van der Waals surface area contributed by atoms with E-state index in [4.69, 9.17) is 0 Å². The van der Waals surface area contributed by atoms with Crippen LogP contribution >= 0.6 is 0 Å². The van der Waals surface area contributed by atoms with E-state index >= 15 is 0 Å². The van der Waals surface area contributed by atoms with Crippen LogP contribution in [0.1, 0.15) is 5.56 Å². The molecule has 24 heavy (non-hydrogen) atoms. The molecule has 0 aliphatic carbocycles. The molecule has 0 amide bonds. The second kappa shape index (κ2) is 5.79. The Hall–Kier alpha value is -2.61. The molecule has 124 valence electrons. The van der Waals surface area contributed by atoms with Gasteiger partial charge in [0.25, 0.3) is 10.0 Å². The summed E-state index contributed by atoms with van der Waals surface area (Å²) in [5.74, 6) is -0.184. The van der Waals surface area contributed by atoms with Gasteiger partial charge in [-0.05, 0) is 35.0 Å². The van der Waals surface area contributed by atoms with E-state index in [9.17, 15) is 21.6 Å². The Bertz CT molecular complexity index is 984. The highest BCUT2D eigenvalue weighted by Gasteiger charge is 2.30. The van der Waals surface area contributed by atoms with E-state index in [1.807, 2.05) is 12.1 Å². The molecule has 1 aromatic heterocycles. The van der Waals surface area contributed by atoms with Gasteiger partial charge in [-0.25, -0.2) is 13.4 Å². The van der Waals surface area contributed by atoms with Gasteiger partial charge in [-0.2, -0.15) is 13.2 Å². The molecule has 0 saturated carbocycles. The number of alkyl halides is 3. The maximum absolute atomic E-state index is 12.5. The van der Waals surface area contributed by atoms with E-state index in [2.05, 4.69) is 9.71 Å². The van der Waals surface area contributed by atoms with E-state index in [0.29, 0.717) is 6.20 Å². The van der Waals surface area contributed by atoms with Crippen LogP contribution in [0.4, 0.5) is 19.0 Å². The first-order valence-electron chi connectivity index (χ1n) is 6.81. The smallest absolute Gasteiger partial charge is 0.263 e. The number of hydrogen-bond donors (Lipinski definition) is 1. The van der Waals surface area contributed by atoms with Crippen molar-refractivity contribution >= 4 is 26.6 Å². The molecule has 0 radical (unpaired) electrons. The van der Waals surface area contributed by atoms with Gasteiger partial charge in [0.2, 0.25) is 0 Å². The van der Waals surface area contributed by atoms with Gasteiger partial charge in [-0.3, -0.25) is 4.72 Å². The van der Waals surface area contributed by atoms with Crippen LogP contribution in [0.25, 0.3) is 10.8 Å². The second-order valence-corrected chi connectivity index (χ2v) is 6.73. The summed E-state index contributed by atoms with van der Waals surface area (Å²) in [6.07, 6.45) is -3.94. The van der Waals surface area contributed by atoms with Crippen molar-refractivity contribution < 1.29 is 21.6 Å². The third kappa shape index (κ3) is 3.33. The van der Waals surface area contributed by atoms with Crippen LogP contribution in [-0.2, 0) is 16.2 Å². The van der Waals surface area contributed by atoms with Gasteiger partial charge in [0.05, 0.1) is 10.5 Å². The fourth-order valence-corrected chi connectivity index (χ4v) is 3.20. The molecule has 3 rings (SSSR count). The van der Waals surface area contributed by atoms with Gasteiger partial charge in [-0.1, -0.05) is 30.3 Å². The molecular formula is C16H11F3N2O2S. The minimum Gasteiger partial charge on any atom is -0.263 e. The first kappa shape index (κ1) is 16.3. The number of benzene rings is 2. The first-order valence-corrected chi connectivity index (χ1v) is 8.29. The minimum absolute atomic E-state index is 0.00268.